The Labute approximate surface area is 99.7 Å². The minimum Gasteiger partial charge on any atom is -0.377 e. The van der Waals surface area contributed by atoms with Crippen LogP contribution in [0.3, 0.4) is 0 Å². The Hall–Kier alpha value is -2.09. The van der Waals surface area contributed by atoms with Crippen molar-refractivity contribution in [2.45, 2.75) is 6.04 Å². The highest BCUT2D eigenvalue weighted by Gasteiger charge is 2.27. The fourth-order valence-corrected chi connectivity index (χ4v) is 1.45. The van der Waals surface area contributed by atoms with Gasteiger partial charge in [0.2, 0.25) is 0 Å². The summed E-state index contributed by atoms with van der Waals surface area (Å²) in [5, 5.41) is 13.1. The minimum atomic E-state index is -1.37. The van der Waals surface area contributed by atoms with Crippen molar-refractivity contribution >= 4 is 11.6 Å². The quantitative estimate of drug-likeness (QED) is 0.647. The molecule has 1 aromatic carbocycles. The molecule has 0 aliphatic carbocycles. The van der Waals surface area contributed by atoms with E-state index in [4.69, 9.17) is 4.74 Å². The Morgan fingerprint density at radius 2 is 2.00 bits per heavy atom. The van der Waals surface area contributed by atoms with E-state index in [-0.39, 0.29) is 6.04 Å². The second-order valence-corrected chi connectivity index (χ2v) is 3.75. The molecule has 0 spiro atoms. The Kier molecular flexibility index (Phi) is 3.19. The number of nitro benzene ring substituents is 1. The van der Waals surface area contributed by atoms with Crippen LogP contribution in [-0.2, 0) is 4.74 Å². The third-order valence-electron chi connectivity index (χ3n) is 2.45. The van der Waals surface area contributed by atoms with Gasteiger partial charge in [0, 0.05) is 0 Å². The van der Waals surface area contributed by atoms with E-state index in [0.717, 1.165) is 0 Å². The van der Waals surface area contributed by atoms with Gasteiger partial charge in [0.05, 0.1) is 30.2 Å². The average Bonchev–Trinajstić information content (AvgIpc) is 2.26. The van der Waals surface area contributed by atoms with Gasteiger partial charge in [-0.1, -0.05) is 0 Å². The molecule has 0 aromatic heterocycles. The molecule has 96 valence electrons. The van der Waals surface area contributed by atoms with Crippen molar-refractivity contribution in [3.05, 3.63) is 39.4 Å². The van der Waals surface area contributed by atoms with Crippen molar-refractivity contribution in [3.63, 3.8) is 0 Å². The van der Waals surface area contributed by atoms with E-state index in [0.29, 0.717) is 25.3 Å². The number of hydrogen-bond donors (Lipinski definition) is 1. The average molecular weight is 258 g/mol. The monoisotopic (exact) mass is 258 g/mol. The van der Waals surface area contributed by atoms with Crippen LogP contribution in [0.2, 0.25) is 0 Å². The van der Waals surface area contributed by atoms with Crippen LogP contribution in [0.15, 0.2) is 12.1 Å². The van der Waals surface area contributed by atoms with Gasteiger partial charge in [-0.25, -0.2) is 8.78 Å². The summed E-state index contributed by atoms with van der Waals surface area (Å²) in [5.41, 5.74) is -1.28. The predicted molar refractivity (Wildman–Crippen MR) is 55.1 cm³/mol. The molecule has 0 radical (unpaired) electrons. The number of hydrogen-bond acceptors (Lipinski definition) is 4. The number of nitro groups is 1. The first-order valence-electron chi connectivity index (χ1n) is 5.01. The summed E-state index contributed by atoms with van der Waals surface area (Å²) in [5.74, 6) is -3.50. The van der Waals surface area contributed by atoms with Crippen molar-refractivity contribution < 1.29 is 23.2 Å². The van der Waals surface area contributed by atoms with Crippen LogP contribution in [0.25, 0.3) is 0 Å². The largest absolute Gasteiger partial charge is 0.377 e. The molecule has 18 heavy (non-hydrogen) atoms. The van der Waals surface area contributed by atoms with Crippen LogP contribution in [0, 0.1) is 21.7 Å². The number of ether oxygens (including phenoxy) is 1. The number of rotatable bonds is 3. The number of amides is 1. The Morgan fingerprint density at radius 3 is 2.50 bits per heavy atom. The second-order valence-electron chi connectivity index (χ2n) is 3.75. The highest BCUT2D eigenvalue weighted by atomic mass is 19.2. The molecule has 1 heterocycles. The first-order valence-corrected chi connectivity index (χ1v) is 5.01. The van der Waals surface area contributed by atoms with E-state index in [1.165, 1.54) is 0 Å². The van der Waals surface area contributed by atoms with Crippen LogP contribution in [0.4, 0.5) is 14.5 Å². The maximum atomic E-state index is 13.0. The van der Waals surface area contributed by atoms with Gasteiger partial charge in [-0.3, -0.25) is 14.9 Å². The Balaban J connectivity index is 2.32. The molecule has 8 heteroatoms. The molecule has 1 N–H and O–H groups in total. The summed E-state index contributed by atoms with van der Waals surface area (Å²) < 4.78 is 30.7. The zero-order chi connectivity index (χ0) is 13.3. The van der Waals surface area contributed by atoms with Crippen molar-refractivity contribution in [2.24, 2.45) is 0 Å². The van der Waals surface area contributed by atoms with Crippen LogP contribution in [0.1, 0.15) is 10.4 Å². The van der Waals surface area contributed by atoms with E-state index in [9.17, 15) is 23.7 Å². The van der Waals surface area contributed by atoms with Gasteiger partial charge in [-0.2, -0.15) is 0 Å². The van der Waals surface area contributed by atoms with Crippen molar-refractivity contribution in [1.29, 1.82) is 0 Å². The first-order chi connectivity index (χ1) is 8.49. The van der Waals surface area contributed by atoms with E-state index < -0.39 is 33.7 Å². The standard InChI is InChI=1S/C10H8F2N2O4/c11-7-1-6(9(14(16)17)2-8(7)12)10(15)13-5-3-18-4-5/h1-2,5H,3-4H2,(H,13,15). The van der Waals surface area contributed by atoms with Gasteiger partial charge in [0.15, 0.2) is 11.6 Å². The second kappa shape index (κ2) is 4.65. The lowest BCUT2D eigenvalue weighted by atomic mass is 10.1. The third kappa shape index (κ3) is 2.28. The number of carbonyl (C=O) groups is 1. The van der Waals surface area contributed by atoms with E-state index in [1.54, 1.807) is 0 Å². The molecule has 0 atom stereocenters. The van der Waals surface area contributed by atoms with Crippen molar-refractivity contribution in [3.8, 4) is 0 Å². The molecule has 1 amide bonds. The van der Waals surface area contributed by atoms with Gasteiger partial charge in [-0.05, 0) is 6.07 Å². The highest BCUT2D eigenvalue weighted by molar-refractivity contribution is 5.98. The summed E-state index contributed by atoms with van der Waals surface area (Å²) >= 11 is 0. The fourth-order valence-electron chi connectivity index (χ4n) is 1.45. The topological polar surface area (TPSA) is 81.5 Å². The van der Waals surface area contributed by atoms with Crippen LogP contribution in [-0.4, -0.2) is 30.1 Å². The molecule has 1 aliphatic heterocycles. The molecule has 1 aromatic rings. The van der Waals surface area contributed by atoms with Crippen molar-refractivity contribution in [2.75, 3.05) is 13.2 Å². The molecule has 0 bridgehead atoms. The summed E-state index contributed by atoms with van der Waals surface area (Å²) in [7, 11) is 0. The van der Waals surface area contributed by atoms with Crippen LogP contribution in [0.5, 0.6) is 0 Å². The Morgan fingerprint density at radius 1 is 1.39 bits per heavy atom. The molecular formula is C10H8F2N2O4. The number of benzene rings is 1. The van der Waals surface area contributed by atoms with Gasteiger partial charge in [-0.15, -0.1) is 0 Å². The van der Waals surface area contributed by atoms with Crippen LogP contribution >= 0.6 is 0 Å². The number of nitrogens with zero attached hydrogens (tertiary/aromatic N) is 1. The molecule has 1 saturated heterocycles. The van der Waals surface area contributed by atoms with E-state index in [2.05, 4.69) is 5.32 Å². The maximum Gasteiger partial charge on any atom is 0.285 e. The zero-order valence-corrected chi connectivity index (χ0v) is 8.98. The fraction of sp³-hybridized carbons (Fsp3) is 0.300. The Bertz CT molecular complexity index is 517. The van der Waals surface area contributed by atoms with Crippen LogP contribution < -0.4 is 5.32 Å². The summed E-state index contributed by atoms with van der Waals surface area (Å²) in [4.78, 5) is 21.4. The minimum absolute atomic E-state index is 0.259. The van der Waals surface area contributed by atoms with Gasteiger partial charge in [0.25, 0.3) is 11.6 Å². The van der Waals surface area contributed by atoms with Crippen molar-refractivity contribution in [1.82, 2.24) is 5.32 Å². The lowest BCUT2D eigenvalue weighted by Gasteiger charge is -2.26. The van der Waals surface area contributed by atoms with E-state index >= 15 is 0 Å². The molecule has 6 nitrogen and oxygen atoms in total. The molecule has 1 aliphatic rings. The number of halogens is 2. The van der Waals surface area contributed by atoms with E-state index in [1.807, 2.05) is 0 Å². The lowest BCUT2D eigenvalue weighted by Crippen LogP contribution is -2.48. The highest BCUT2D eigenvalue weighted by Crippen LogP contribution is 2.22. The maximum absolute atomic E-state index is 13.0. The molecule has 0 saturated carbocycles. The van der Waals surface area contributed by atoms with Gasteiger partial charge in [0.1, 0.15) is 5.56 Å². The van der Waals surface area contributed by atoms with Gasteiger partial charge < -0.3 is 10.1 Å². The first kappa shape index (κ1) is 12.4. The SMILES string of the molecule is O=C(NC1COC1)c1cc(F)c(F)cc1[N+](=O)[O-]. The molecular weight excluding hydrogens is 250 g/mol. The number of carbonyl (C=O) groups excluding carboxylic acids is 1. The zero-order valence-electron chi connectivity index (χ0n) is 8.98. The third-order valence-corrected chi connectivity index (χ3v) is 2.45. The lowest BCUT2D eigenvalue weighted by molar-refractivity contribution is -0.385. The summed E-state index contributed by atoms with van der Waals surface area (Å²) in [6.07, 6.45) is 0. The molecule has 1 fully saturated rings. The molecule has 0 unspecified atom stereocenters. The summed E-state index contributed by atoms with van der Waals surface area (Å²) in [6, 6.07) is 0.648. The summed E-state index contributed by atoms with van der Waals surface area (Å²) in [6.45, 7) is 0.590. The number of nitrogens with one attached hydrogen (secondary N) is 1. The smallest absolute Gasteiger partial charge is 0.285 e. The predicted octanol–water partition coefficient (Wildman–Crippen LogP) is 1.00. The normalized spacial score (nSPS) is 15.0. The molecule has 2 rings (SSSR count). The van der Waals surface area contributed by atoms with Gasteiger partial charge >= 0.3 is 0 Å².